The van der Waals surface area contributed by atoms with Crippen LogP contribution in [-0.2, 0) is 5.79 Å². The van der Waals surface area contributed by atoms with Crippen LogP contribution in [0.2, 0.25) is 0 Å². The van der Waals surface area contributed by atoms with Gasteiger partial charge in [-0.3, -0.25) is 9.59 Å². The maximum atomic E-state index is 13.7. The van der Waals surface area contributed by atoms with Crippen LogP contribution in [-0.4, -0.2) is 29.4 Å². The zero-order chi connectivity index (χ0) is 24.8. The monoisotopic (exact) mass is 480 g/mol. The Morgan fingerprint density at radius 3 is 2.62 bits per heavy atom. The standard InChI is InChI=1S/C26H28N2O5S/c1-14(2)16-10-9-15(3)20(13-16)33-26(31)18-7-6-8-19(27)21(18)22(29)25(26,4)28-23(30)17-11-12-34-24(17)32-5/h6-14,31H,27H2,1-5H3,(H,28,30). The van der Waals surface area contributed by atoms with Gasteiger partial charge in [0.1, 0.15) is 5.75 Å². The van der Waals surface area contributed by atoms with E-state index in [1.165, 1.54) is 25.4 Å². The summed E-state index contributed by atoms with van der Waals surface area (Å²) in [6.45, 7) is 7.41. The lowest BCUT2D eigenvalue weighted by molar-refractivity contribution is -0.180. The highest BCUT2D eigenvalue weighted by molar-refractivity contribution is 7.12. The van der Waals surface area contributed by atoms with Gasteiger partial charge in [0.05, 0.1) is 18.2 Å². The van der Waals surface area contributed by atoms with E-state index in [2.05, 4.69) is 19.2 Å². The number of anilines is 1. The lowest BCUT2D eigenvalue weighted by Crippen LogP contribution is -2.64. The van der Waals surface area contributed by atoms with E-state index in [0.29, 0.717) is 10.8 Å². The van der Waals surface area contributed by atoms with Gasteiger partial charge in [0.2, 0.25) is 0 Å². The molecule has 0 saturated carbocycles. The number of carbonyl (C=O) groups is 2. The summed E-state index contributed by atoms with van der Waals surface area (Å²) in [6, 6.07) is 12.1. The summed E-state index contributed by atoms with van der Waals surface area (Å²) in [4.78, 5) is 26.9. The number of fused-ring (bicyclic) bond motifs is 1. The second kappa shape index (κ2) is 8.45. The average Bonchev–Trinajstić information content (AvgIpc) is 3.33. The molecule has 7 nitrogen and oxygen atoms in total. The first kappa shape index (κ1) is 23.8. The molecule has 1 aliphatic rings. The molecule has 0 aliphatic heterocycles. The number of aliphatic hydroxyl groups is 1. The molecule has 178 valence electrons. The van der Waals surface area contributed by atoms with Crippen molar-refractivity contribution in [3.63, 3.8) is 0 Å². The molecule has 34 heavy (non-hydrogen) atoms. The minimum absolute atomic E-state index is 0.128. The SMILES string of the molecule is COc1sccc1C(=O)NC1(C)C(=O)c2c(N)cccc2C1(O)Oc1cc(C(C)C)ccc1C. The lowest BCUT2D eigenvalue weighted by Gasteiger charge is -2.39. The number of ketones is 1. The second-order valence-corrected chi connectivity index (χ2v) is 9.81. The van der Waals surface area contributed by atoms with Crippen LogP contribution < -0.4 is 20.5 Å². The van der Waals surface area contributed by atoms with E-state index in [0.717, 1.165) is 11.1 Å². The fourth-order valence-corrected chi connectivity index (χ4v) is 4.95. The van der Waals surface area contributed by atoms with Gasteiger partial charge in [-0.2, -0.15) is 0 Å². The van der Waals surface area contributed by atoms with E-state index < -0.39 is 23.0 Å². The van der Waals surface area contributed by atoms with Crippen molar-refractivity contribution < 1.29 is 24.2 Å². The van der Waals surface area contributed by atoms with Crippen molar-refractivity contribution in [2.75, 3.05) is 12.8 Å². The highest BCUT2D eigenvalue weighted by Crippen LogP contribution is 2.48. The summed E-state index contributed by atoms with van der Waals surface area (Å²) in [5.74, 6) is -2.69. The number of Topliss-reactive ketones (excluding diaryl/α,β-unsaturated/α-hetero) is 1. The van der Waals surface area contributed by atoms with E-state index in [1.54, 1.807) is 29.6 Å². The van der Waals surface area contributed by atoms with Crippen LogP contribution in [0.15, 0.2) is 47.8 Å². The maximum Gasteiger partial charge on any atom is 0.266 e. The molecule has 1 aliphatic carbocycles. The van der Waals surface area contributed by atoms with Crippen LogP contribution in [0.5, 0.6) is 10.8 Å². The van der Waals surface area contributed by atoms with Crippen molar-refractivity contribution in [1.82, 2.24) is 5.32 Å². The third kappa shape index (κ3) is 3.54. The largest absolute Gasteiger partial charge is 0.487 e. The van der Waals surface area contributed by atoms with Crippen molar-refractivity contribution in [2.24, 2.45) is 0 Å². The molecular weight excluding hydrogens is 452 g/mol. The van der Waals surface area contributed by atoms with Gasteiger partial charge in [-0.15, -0.1) is 11.3 Å². The molecule has 8 heteroatoms. The Morgan fingerprint density at radius 1 is 1.21 bits per heavy atom. The molecule has 0 spiro atoms. The van der Waals surface area contributed by atoms with Gasteiger partial charge in [0.25, 0.3) is 11.7 Å². The Kier molecular flexibility index (Phi) is 5.91. The van der Waals surface area contributed by atoms with Gasteiger partial charge in [0.15, 0.2) is 16.4 Å². The quantitative estimate of drug-likeness (QED) is 0.357. The summed E-state index contributed by atoms with van der Waals surface area (Å²) in [6.07, 6.45) is 0. The first-order chi connectivity index (χ1) is 16.0. The van der Waals surface area contributed by atoms with E-state index in [9.17, 15) is 14.7 Å². The summed E-state index contributed by atoms with van der Waals surface area (Å²) in [7, 11) is 1.46. The third-order valence-electron chi connectivity index (χ3n) is 6.38. The zero-order valence-electron chi connectivity index (χ0n) is 19.8. The molecule has 3 aromatic rings. The highest BCUT2D eigenvalue weighted by atomic mass is 32.1. The summed E-state index contributed by atoms with van der Waals surface area (Å²) >= 11 is 1.25. The first-order valence-corrected chi connectivity index (χ1v) is 11.8. The normalized spacial score (nSPS) is 21.4. The van der Waals surface area contributed by atoms with Crippen LogP contribution >= 0.6 is 11.3 Å². The van der Waals surface area contributed by atoms with Crippen LogP contribution in [0, 0.1) is 6.92 Å². The zero-order valence-corrected chi connectivity index (χ0v) is 20.6. The summed E-state index contributed by atoms with van der Waals surface area (Å²) in [5.41, 5.74) is 6.84. The predicted octanol–water partition coefficient (Wildman–Crippen LogP) is 4.38. The topological polar surface area (TPSA) is 111 Å². The number of nitrogen functional groups attached to an aromatic ring is 1. The fraction of sp³-hybridized carbons (Fsp3) is 0.308. The summed E-state index contributed by atoms with van der Waals surface area (Å²) < 4.78 is 11.5. The molecule has 0 fully saturated rings. The molecular formula is C26H28N2O5S. The number of aryl methyl sites for hydroxylation is 1. The third-order valence-corrected chi connectivity index (χ3v) is 7.25. The molecule has 1 heterocycles. The molecule has 1 amide bonds. The average molecular weight is 481 g/mol. The fourth-order valence-electron chi connectivity index (χ4n) is 4.24. The van der Waals surface area contributed by atoms with E-state index in [-0.39, 0.29) is 28.3 Å². The van der Waals surface area contributed by atoms with E-state index >= 15 is 0 Å². The number of rotatable bonds is 6. The van der Waals surface area contributed by atoms with Gasteiger partial charge in [0, 0.05) is 11.3 Å². The molecule has 0 radical (unpaired) electrons. The number of hydrogen-bond acceptors (Lipinski definition) is 7. The summed E-state index contributed by atoms with van der Waals surface area (Å²) in [5, 5.41) is 16.9. The second-order valence-electron chi connectivity index (χ2n) is 8.93. The van der Waals surface area contributed by atoms with E-state index in [4.69, 9.17) is 15.2 Å². The van der Waals surface area contributed by atoms with Crippen molar-refractivity contribution >= 4 is 28.7 Å². The minimum atomic E-state index is -2.21. The molecule has 2 atom stereocenters. The minimum Gasteiger partial charge on any atom is -0.487 e. The number of amides is 1. The molecule has 2 unspecified atom stereocenters. The van der Waals surface area contributed by atoms with Crippen molar-refractivity contribution in [3.05, 3.63) is 75.7 Å². The number of nitrogens with one attached hydrogen (secondary N) is 1. The van der Waals surface area contributed by atoms with Crippen LogP contribution in [0.1, 0.15) is 64.1 Å². The highest BCUT2D eigenvalue weighted by Gasteiger charge is 2.64. The molecule has 2 aromatic carbocycles. The number of thiophene rings is 1. The number of ether oxygens (including phenoxy) is 2. The lowest BCUT2D eigenvalue weighted by atomic mass is 9.89. The molecule has 0 bridgehead atoms. The van der Waals surface area contributed by atoms with Gasteiger partial charge in [-0.25, -0.2) is 0 Å². The van der Waals surface area contributed by atoms with Crippen molar-refractivity contribution in [2.45, 2.75) is 44.9 Å². The van der Waals surface area contributed by atoms with Crippen LogP contribution in [0.4, 0.5) is 5.69 Å². The smallest absolute Gasteiger partial charge is 0.266 e. The van der Waals surface area contributed by atoms with Crippen molar-refractivity contribution in [3.8, 4) is 10.8 Å². The number of benzene rings is 2. The Morgan fingerprint density at radius 2 is 1.94 bits per heavy atom. The van der Waals surface area contributed by atoms with Gasteiger partial charge < -0.3 is 25.6 Å². The molecule has 4 N–H and O–H groups in total. The number of nitrogens with two attached hydrogens (primary N) is 1. The number of hydrogen-bond donors (Lipinski definition) is 3. The molecule has 1 aromatic heterocycles. The van der Waals surface area contributed by atoms with Crippen LogP contribution in [0.3, 0.4) is 0 Å². The van der Waals surface area contributed by atoms with Crippen LogP contribution in [0.25, 0.3) is 0 Å². The van der Waals surface area contributed by atoms with E-state index in [1.807, 2.05) is 25.1 Å². The van der Waals surface area contributed by atoms with Gasteiger partial charge >= 0.3 is 0 Å². The molecule has 4 rings (SSSR count). The predicted molar refractivity (Wildman–Crippen MR) is 132 cm³/mol. The van der Waals surface area contributed by atoms with Gasteiger partial charge in [-0.1, -0.05) is 38.1 Å². The Hall–Kier alpha value is -3.36. The molecule has 0 saturated heterocycles. The number of carbonyl (C=O) groups excluding carboxylic acids is 2. The number of methoxy groups -OCH3 is 1. The Labute approximate surface area is 202 Å². The Balaban J connectivity index is 1.85. The van der Waals surface area contributed by atoms with Crippen molar-refractivity contribution in [1.29, 1.82) is 0 Å². The van der Waals surface area contributed by atoms with Gasteiger partial charge in [-0.05, 0) is 54.5 Å². The Bertz CT molecular complexity index is 1280. The first-order valence-electron chi connectivity index (χ1n) is 10.9. The maximum absolute atomic E-state index is 13.7.